The number of rotatable bonds is 7. The zero-order chi connectivity index (χ0) is 23.5. The molecular formula is C26H40Cl3N5O. The van der Waals surface area contributed by atoms with Gasteiger partial charge in [-0.05, 0) is 64.3 Å². The van der Waals surface area contributed by atoms with E-state index in [0.717, 1.165) is 67.8 Å². The van der Waals surface area contributed by atoms with Crippen molar-refractivity contribution in [1.82, 2.24) is 19.4 Å². The van der Waals surface area contributed by atoms with E-state index in [9.17, 15) is 4.79 Å². The van der Waals surface area contributed by atoms with Crippen molar-refractivity contribution in [1.29, 1.82) is 0 Å². The number of halogens is 3. The number of hydrogen-bond acceptors (Lipinski definition) is 4. The Hall–Kier alpha value is -1.47. The molecule has 4 rings (SSSR count). The normalized spacial score (nSPS) is 16.7. The number of anilines is 1. The van der Waals surface area contributed by atoms with Crippen LogP contribution >= 0.6 is 36.4 Å². The quantitative estimate of drug-likeness (QED) is 0.448. The molecule has 2 fully saturated rings. The van der Waals surface area contributed by atoms with Crippen LogP contribution in [0.25, 0.3) is 0 Å². The van der Waals surface area contributed by atoms with Gasteiger partial charge in [-0.15, -0.1) is 24.8 Å². The Morgan fingerprint density at radius 1 is 1.09 bits per heavy atom. The van der Waals surface area contributed by atoms with E-state index in [0.29, 0.717) is 11.7 Å². The highest BCUT2D eigenvalue weighted by Gasteiger charge is 2.26. The average Bonchev–Trinajstić information content (AvgIpc) is 3.43. The second kappa shape index (κ2) is 13.2. The Bertz CT molecular complexity index is 982. The minimum atomic E-state index is 0. The minimum Gasteiger partial charge on any atom is -0.369 e. The van der Waals surface area contributed by atoms with Crippen LogP contribution in [0, 0.1) is 20.8 Å². The summed E-state index contributed by atoms with van der Waals surface area (Å²) in [6.07, 6.45) is 5.92. The predicted molar refractivity (Wildman–Crippen MR) is 150 cm³/mol. The maximum absolute atomic E-state index is 13.1. The molecule has 0 bridgehead atoms. The Morgan fingerprint density at radius 2 is 1.74 bits per heavy atom. The summed E-state index contributed by atoms with van der Waals surface area (Å²) in [6, 6.07) is 6.66. The molecule has 1 amide bonds. The molecule has 6 nitrogen and oxygen atoms in total. The number of imidazole rings is 1. The van der Waals surface area contributed by atoms with Gasteiger partial charge < -0.3 is 14.4 Å². The van der Waals surface area contributed by atoms with Crippen molar-refractivity contribution in [2.75, 3.05) is 51.2 Å². The monoisotopic (exact) mass is 543 g/mol. The Morgan fingerprint density at radius 3 is 2.40 bits per heavy atom. The molecule has 196 valence electrons. The summed E-state index contributed by atoms with van der Waals surface area (Å²) in [7, 11) is 1.91. The van der Waals surface area contributed by atoms with Gasteiger partial charge in [0.15, 0.2) is 0 Å². The molecule has 2 aliphatic rings. The summed E-state index contributed by atoms with van der Waals surface area (Å²) in [6.45, 7) is 12.0. The Labute approximate surface area is 227 Å². The van der Waals surface area contributed by atoms with E-state index in [1.807, 2.05) is 31.0 Å². The molecule has 0 unspecified atom stereocenters. The third-order valence-corrected chi connectivity index (χ3v) is 7.89. The molecule has 35 heavy (non-hydrogen) atoms. The largest absolute Gasteiger partial charge is 0.369 e. The van der Waals surface area contributed by atoms with Crippen molar-refractivity contribution in [3.05, 3.63) is 46.0 Å². The summed E-state index contributed by atoms with van der Waals surface area (Å²) in [5, 5.41) is 0.834. The molecule has 1 aliphatic heterocycles. The molecule has 1 aliphatic carbocycles. The summed E-state index contributed by atoms with van der Waals surface area (Å²) >= 11 is 6.31. The van der Waals surface area contributed by atoms with Gasteiger partial charge in [-0.1, -0.05) is 30.5 Å². The van der Waals surface area contributed by atoms with Crippen LogP contribution in [0.5, 0.6) is 0 Å². The number of aromatic nitrogens is 2. The fraction of sp³-hybridized carbons (Fsp3) is 0.615. The van der Waals surface area contributed by atoms with Gasteiger partial charge in [0.1, 0.15) is 11.5 Å². The van der Waals surface area contributed by atoms with E-state index in [1.165, 1.54) is 31.4 Å². The first-order valence-corrected chi connectivity index (χ1v) is 12.8. The summed E-state index contributed by atoms with van der Waals surface area (Å²) in [5.41, 5.74) is 4.07. The second-order valence-electron chi connectivity index (χ2n) is 9.69. The molecule has 9 heteroatoms. The van der Waals surface area contributed by atoms with Crippen molar-refractivity contribution < 1.29 is 4.79 Å². The molecule has 0 atom stereocenters. The maximum atomic E-state index is 13.1. The highest BCUT2D eigenvalue weighted by Crippen LogP contribution is 2.32. The van der Waals surface area contributed by atoms with Crippen LogP contribution in [0.4, 0.5) is 5.69 Å². The zero-order valence-electron chi connectivity index (χ0n) is 21.4. The van der Waals surface area contributed by atoms with Crippen LogP contribution in [-0.4, -0.2) is 71.6 Å². The van der Waals surface area contributed by atoms with E-state index in [-0.39, 0.29) is 30.7 Å². The lowest BCUT2D eigenvalue weighted by molar-refractivity contribution is 0.0781. The zero-order valence-corrected chi connectivity index (χ0v) is 23.8. The van der Waals surface area contributed by atoms with E-state index < -0.39 is 0 Å². The van der Waals surface area contributed by atoms with Crippen molar-refractivity contribution in [2.24, 2.45) is 0 Å². The number of nitrogens with zero attached hydrogens (tertiary/aromatic N) is 5. The van der Waals surface area contributed by atoms with E-state index in [1.54, 1.807) is 0 Å². The number of hydrogen-bond donors (Lipinski definition) is 0. The van der Waals surface area contributed by atoms with Gasteiger partial charge in [0.25, 0.3) is 5.91 Å². The number of piperazine rings is 1. The molecule has 1 saturated heterocycles. The van der Waals surface area contributed by atoms with Crippen LogP contribution in [0.1, 0.15) is 65.7 Å². The second-order valence-corrected chi connectivity index (χ2v) is 10.1. The summed E-state index contributed by atoms with van der Waals surface area (Å²) in [4.78, 5) is 24.6. The number of aryl methyl sites for hydroxylation is 1. The first-order chi connectivity index (χ1) is 15.9. The smallest absolute Gasteiger partial charge is 0.274 e. The molecule has 1 saturated carbocycles. The first kappa shape index (κ1) is 29.8. The molecule has 0 radical (unpaired) electrons. The third-order valence-electron chi connectivity index (χ3n) is 7.49. The lowest BCUT2D eigenvalue weighted by Crippen LogP contribution is -2.47. The van der Waals surface area contributed by atoms with Gasteiger partial charge in [-0.2, -0.15) is 0 Å². The third kappa shape index (κ3) is 6.65. The van der Waals surface area contributed by atoms with Crippen LogP contribution in [-0.2, 0) is 0 Å². The lowest BCUT2D eigenvalue weighted by Gasteiger charge is -2.37. The first-order valence-electron chi connectivity index (χ1n) is 12.4. The predicted octanol–water partition coefficient (Wildman–Crippen LogP) is 5.70. The number of amides is 1. The van der Waals surface area contributed by atoms with Crippen LogP contribution in [0.2, 0.25) is 5.02 Å². The van der Waals surface area contributed by atoms with Crippen LogP contribution in [0.15, 0.2) is 18.2 Å². The molecule has 0 spiro atoms. The van der Waals surface area contributed by atoms with E-state index in [2.05, 4.69) is 39.3 Å². The van der Waals surface area contributed by atoms with Gasteiger partial charge in [0.2, 0.25) is 0 Å². The van der Waals surface area contributed by atoms with E-state index >= 15 is 0 Å². The maximum Gasteiger partial charge on any atom is 0.274 e. The molecular weight excluding hydrogens is 505 g/mol. The minimum absolute atomic E-state index is 0. The van der Waals surface area contributed by atoms with Gasteiger partial charge in [0, 0.05) is 62.2 Å². The summed E-state index contributed by atoms with van der Waals surface area (Å²) in [5.74, 6) is 1.03. The number of carbonyl (C=O) groups excluding carboxylic acids is 1. The molecule has 2 heterocycles. The average molecular weight is 545 g/mol. The Kier molecular flexibility index (Phi) is 11.2. The van der Waals surface area contributed by atoms with E-state index in [4.69, 9.17) is 11.6 Å². The van der Waals surface area contributed by atoms with Crippen molar-refractivity contribution in [2.45, 2.75) is 58.9 Å². The SMILES string of the molecule is Cc1c(Cl)cccc1N1CCN(CCCN(C)C(=O)c2nc(C)n(C3CCCC3)c2C)CC1.Cl.Cl. The fourth-order valence-corrected chi connectivity index (χ4v) is 5.69. The van der Waals surface area contributed by atoms with Gasteiger partial charge in [-0.25, -0.2) is 4.98 Å². The molecule has 1 aromatic carbocycles. The highest BCUT2D eigenvalue weighted by molar-refractivity contribution is 6.31. The number of benzene rings is 1. The van der Waals surface area contributed by atoms with Crippen LogP contribution < -0.4 is 4.90 Å². The van der Waals surface area contributed by atoms with Crippen molar-refractivity contribution in [3.8, 4) is 0 Å². The van der Waals surface area contributed by atoms with Crippen molar-refractivity contribution in [3.63, 3.8) is 0 Å². The fourth-order valence-electron chi connectivity index (χ4n) is 5.52. The topological polar surface area (TPSA) is 44.6 Å². The van der Waals surface area contributed by atoms with Crippen molar-refractivity contribution >= 4 is 48.0 Å². The van der Waals surface area contributed by atoms with Gasteiger partial charge >= 0.3 is 0 Å². The van der Waals surface area contributed by atoms with Gasteiger partial charge in [0.05, 0.1) is 0 Å². The molecule has 0 N–H and O–H groups in total. The van der Waals surface area contributed by atoms with Gasteiger partial charge in [-0.3, -0.25) is 9.69 Å². The lowest BCUT2D eigenvalue weighted by atomic mass is 10.1. The molecule has 1 aromatic heterocycles. The molecule has 2 aromatic rings. The highest BCUT2D eigenvalue weighted by atomic mass is 35.5. The summed E-state index contributed by atoms with van der Waals surface area (Å²) < 4.78 is 2.30. The Balaban J connectivity index is 0.00000216. The van der Waals surface area contributed by atoms with Crippen LogP contribution in [0.3, 0.4) is 0 Å². The number of carbonyl (C=O) groups is 1. The standard InChI is InChI=1S/C26H38ClN5O.2ClH/c1-19-23(27)11-7-12-24(19)31-17-15-30(16-18-31)14-8-13-29(4)26(33)25-20(2)32(21(3)28-25)22-9-5-6-10-22;;/h7,11-12,22H,5-6,8-10,13-18H2,1-4H3;2*1H.